The Kier molecular flexibility index (Phi) is 10.2. The van der Waals surface area contributed by atoms with Gasteiger partial charge < -0.3 is 4.74 Å². The maximum Gasteiger partial charge on any atom is 0.305 e. The number of unbranched alkanes of at least 4 members (excludes halogenated alkanes) is 2. The quantitative estimate of drug-likeness (QED) is 0.309. The van der Waals surface area contributed by atoms with E-state index in [-0.39, 0.29) is 17.5 Å². The van der Waals surface area contributed by atoms with Gasteiger partial charge in [-0.1, -0.05) is 24.4 Å². The van der Waals surface area contributed by atoms with Gasteiger partial charge in [0.05, 0.1) is 24.7 Å². The van der Waals surface area contributed by atoms with E-state index in [1.54, 1.807) is 0 Å². The van der Waals surface area contributed by atoms with Gasteiger partial charge in [-0.25, -0.2) is 13.1 Å². The molecule has 0 radical (unpaired) electrons. The minimum Gasteiger partial charge on any atom is -0.469 e. The van der Waals surface area contributed by atoms with E-state index in [1.165, 1.54) is 42.7 Å². The third-order valence-electron chi connectivity index (χ3n) is 4.61. The molecular formula is C21H27ClFNO4S2. The van der Waals surface area contributed by atoms with Crippen LogP contribution in [0.4, 0.5) is 4.39 Å². The van der Waals surface area contributed by atoms with Crippen molar-refractivity contribution >= 4 is 38.9 Å². The zero-order valence-corrected chi connectivity index (χ0v) is 19.3. The van der Waals surface area contributed by atoms with E-state index in [2.05, 4.69) is 9.46 Å². The van der Waals surface area contributed by atoms with Crippen LogP contribution in [0.2, 0.25) is 5.02 Å². The summed E-state index contributed by atoms with van der Waals surface area (Å²) in [7, 11) is -2.36. The number of carbonyl (C=O) groups is 1. The fourth-order valence-corrected chi connectivity index (χ4v) is 5.56. The average Bonchev–Trinajstić information content (AvgIpc) is 3.19. The molecule has 0 amide bonds. The van der Waals surface area contributed by atoms with Gasteiger partial charge >= 0.3 is 5.97 Å². The molecule has 0 saturated heterocycles. The van der Waals surface area contributed by atoms with Gasteiger partial charge in [-0.15, -0.1) is 11.3 Å². The molecule has 1 atom stereocenters. The normalized spacial score (nSPS) is 12.6. The predicted molar refractivity (Wildman–Crippen MR) is 118 cm³/mol. The number of carbonyl (C=O) groups excluding carboxylic acids is 1. The van der Waals surface area contributed by atoms with Crippen molar-refractivity contribution in [1.82, 2.24) is 4.72 Å². The zero-order valence-electron chi connectivity index (χ0n) is 16.9. The molecule has 0 saturated carbocycles. The van der Waals surface area contributed by atoms with Crippen LogP contribution in [0.15, 0.2) is 41.3 Å². The van der Waals surface area contributed by atoms with Crippen LogP contribution in [0, 0.1) is 0 Å². The van der Waals surface area contributed by atoms with Gasteiger partial charge in [-0.2, -0.15) is 0 Å². The Balaban J connectivity index is 2.10. The smallest absolute Gasteiger partial charge is 0.305 e. The molecule has 1 unspecified atom stereocenters. The molecule has 1 N–H and O–H groups in total. The first-order valence-electron chi connectivity index (χ1n) is 9.85. The summed E-state index contributed by atoms with van der Waals surface area (Å²) in [5.74, 6) is -0.242. The first-order valence-corrected chi connectivity index (χ1v) is 12.5. The van der Waals surface area contributed by atoms with Crippen molar-refractivity contribution in [3.8, 4) is 0 Å². The molecule has 1 aromatic carbocycles. The topological polar surface area (TPSA) is 72.5 Å². The first kappa shape index (κ1) is 24.8. The highest BCUT2D eigenvalue weighted by molar-refractivity contribution is 7.89. The largest absolute Gasteiger partial charge is 0.469 e. The van der Waals surface area contributed by atoms with Crippen molar-refractivity contribution in [3.63, 3.8) is 0 Å². The molecule has 2 rings (SSSR count). The number of alkyl halides is 1. The van der Waals surface area contributed by atoms with Crippen LogP contribution in [0.5, 0.6) is 0 Å². The number of aryl methyl sites for hydroxylation is 1. The van der Waals surface area contributed by atoms with Gasteiger partial charge in [-0.05, 0) is 62.1 Å². The monoisotopic (exact) mass is 475 g/mol. The summed E-state index contributed by atoms with van der Waals surface area (Å²) in [5, 5.41) is 0.464. The summed E-state index contributed by atoms with van der Waals surface area (Å²) < 4.78 is 45.5. The third kappa shape index (κ3) is 7.98. The van der Waals surface area contributed by atoms with Gasteiger partial charge in [0, 0.05) is 21.2 Å². The molecule has 0 aliphatic carbocycles. The number of hydrogen-bond acceptors (Lipinski definition) is 5. The van der Waals surface area contributed by atoms with Crippen molar-refractivity contribution in [2.75, 3.05) is 13.8 Å². The van der Waals surface area contributed by atoms with E-state index in [9.17, 15) is 17.6 Å². The molecule has 1 aromatic heterocycles. The van der Waals surface area contributed by atoms with Crippen molar-refractivity contribution in [1.29, 1.82) is 0 Å². The van der Waals surface area contributed by atoms with Crippen molar-refractivity contribution < 1.29 is 22.3 Å². The van der Waals surface area contributed by atoms with Crippen molar-refractivity contribution in [2.45, 2.75) is 55.9 Å². The standard InChI is InChI=1S/C21H27ClFNO4S2/c1-28-21(25)8-5-6-17-11-14-20(29-17)19(7-3-2-4-15-23)24-30(26,27)18-12-9-16(22)10-13-18/h9-14,19,24H,2-8,15H2,1H3. The lowest BCUT2D eigenvalue weighted by molar-refractivity contribution is -0.140. The number of benzene rings is 1. The fourth-order valence-electron chi connectivity index (χ4n) is 2.97. The Morgan fingerprint density at radius 3 is 2.53 bits per heavy atom. The van der Waals surface area contributed by atoms with Crippen LogP contribution in [0.25, 0.3) is 0 Å². The number of hydrogen-bond donors (Lipinski definition) is 1. The number of sulfonamides is 1. The van der Waals surface area contributed by atoms with E-state index >= 15 is 0 Å². The lowest BCUT2D eigenvalue weighted by Crippen LogP contribution is -2.28. The maximum atomic E-state index is 12.8. The van der Waals surface area contributed by atoms with Gasteiger partial charge in [0.15, 0.2) is 0 Å². The molecule has 166 valence electrons. The molecule has 1 heterocycles. The maximum absolute atomic E-state index is 12.8. The summed E-state index contributed by atoms with van der Waals surface area (Å²) in [5.41, 5.74) is 0. The lowest BCUT2D eigenvalue weighted by Gasteiger charge is -2.18. The Morgan fingerprint density at radius 1 is 1.13 bits per heavy atom. The molecule has 0 spiro atoms. The Morgan fingerprint density at radius 2 is 1.87 bits per heavy atom. The van der Waals surface area contributed by atoms with Crippen LogP contribution in [0.1, 0.15) is 54.3 Å². The minimum atomic E-state index is -3.73. The number of thiophene rings is 1. The number of esters is 1. The first-order chi connectivity index (χ1) is 14.4. The molecule has 0 aliphatic rings. The van der Waals surface area contributed by atoms with Crippen LogP contribution >= 0.6 is 22.9 Å². The highest BCUT2D eigenvalue weighted by atomic mass is 35.5. The number of ether oxygens (including phenoxy) is 1. The number of halogens is 2. The number of rotatable bonds is 13. The molecule has 0 bridgehead atoms. The lowest BCUT2D eigenvalue weighted by atomic mass is 10.1. The molecule has 0 aliphatic heterocycles. The van der Waals surface area contributed by atoms with Crippen molar-refractivity contribution in [3.05, 3.63) is 51.2 Å². The number of nitrogens with one attached hydrogen (secondary N) is 1. The minimum absolute atomic E-state index is 0.149. The van der Waals surface area contributed by atoms with E-state index in [0.29, 0.717) is 43.5 Å². The second kappa shape index (κ2) is 12.4. The average molecular weight is 476 g/mol. The molecule has 0 fully saturated rings. The summed E-state index contributed by atoms with van der Waals surface area (Å²) in [4.78, 5) is 13.4. The van der Waals surface area contributed by atoms with Gasteiger partial charge in [0.1, 0.15) is 0 Å². The third-order valence-corrected chi connectivity index (χ3v) is 7.60. The van der Waals surface area contributed by atoms with E-state index in [4.69, 9.17) is 11.6 Å². The molecule has 30 heavy (non-hydrogen) atoms. The van der Waals surface area contributed by atoms with E-state index in [0.717, 1.165) is 16.2 Å². The summed E-state index contributed by atoms with van der Waals surface area (Å²) in [6.45, 7) is -0.371. The van der Waals surface area contributed by atoms with Gasteiger partial charge in [-0.3, -0.25) is 9.18 Å². The van der Waals surface area contributed by atoms with Crippen molar-refractivity contribution in [2.24, 2.45) is 0 Å². The predicted octanol–water partition coefficient (Wildman–Crippen LogP) is 5.45. The van der Waals surface area contributed by atoms with Crippen LogP contribution in [-0.2, 0) is 26.0 Å². The highest BCUT2D eigenvalue weighted by Crippen LogP contribution is 2.30. The summed E-state index contributed by atoms with van der Waals surface area (Å²) >= 11 is 7.39. The van der Waals surface area contributed by atoms with E-state index in [1.807, 2.05) is 12.1 Å². The molecule has 5 nitrogen and oxygen atoms in total. The SMILES string of the molecule is COC(=O)CCCc1ccc(C(CCCCCF)NS(=O)(=O)c2ccc(Cl)cc2)s1. The zero-order chi connectivity index (χ0) is 22.0. The Bertz CT molecular complexity index is 900. The van der Waals surface area contributed by atoms with Gasteiger partial charge in [0.25, 0.3) is 0 Å². The Hall–Kier alpha value is -1.48. The molecule has 2 aromatic rings. The van der Waals surface area contributed by atoms with Crippen LogP contribution in [0.3, 0.4) is 0 Å². The summed E-state index contributed by atoms with van der Waals surface area (Å²) in [6.07, 6.45) is 4.21. The molecular weight excluding hydrogens is 449 g/mol. The Labute approximate surface area is 186 Å². The fraction of sp³-hybridized carbons (Fsp3) is 0.476. The second-order valence-corrected chi connectivity index (χ2v) is 10.3. The van der Waals surface area contributed by atoms with Crippen LogP contribution in [-0.4, -0.2) is 28.2 Å². The number of methoxy groups -OCH3 is 1. The molecule has 9 heteroatoms. The summed E-state index contributed by atoms with van der Waals surface area (Å²) in [6, 6.07) is 9.50. The van der Waals surface area contributed by atoms with E-state index < -0.39 is 16.1 Å². The highest BCUT2D eigenvalue weighted by Gasteiger charge is 2.22. The van der Waals surface area contributed by atoms with Gasteiger partial charge in [0.2, 0.25) is 10.0 Å². The second-order valence-electron chi connectivity index (χ2n) is 6.90. The van der Waals surface area contributed by atoms with Crippen LogP contribution < -0.4 is 4.72 Å².